The summed E-state index contributed by atoms with van der Waals surface area (Å²) in [6, 6.07) is 7.13. The van der Waals surface area contributed by atoms with Crippen LogP contribution in [-0.4, -0.2) is 13.7 Å². The lowest BCUT2D eigenvalue weighted by Gasteiger charge is -2.10. The van der Waals surface area contributed by atoms with Crippen molar-refractivity contribution in [3.63, 3.8) is 0 Å². The van der Waals surface area contributed by atoms with E-state index in [4.69, 9.17) is 5.73 Å². The molecule has 1 aromatic carbocycles. The zero-order chi connectivity index (χ0) is 11.8. The molecule has 4 nitrogen and oxygen atoms in total. The van der Waals surface area contributed by atoms with E-state index in [1.54, 1.807) is 12.1 Å². The van der Waals surface area contributed by atoms with Crippen LogP contribution in [0.25, 0.3) is 0 Å². The molecule has 2 rings (SSSR count). The van der Waals surface area contributed by atoms with Crippen LogP contribution in [0.1, 0.15) is 31.4 Å². The Morgan fingerprint density at radius 3 is 2.69 bits per heavy atom. The number of nitrogens with one attached hydrogen (secondary N) is 1. The van der Waals surface area contributed by atoms with E-state index in [1.165, 1.54) is 0 Å². The Kier molecular flexibility index (Phi) is 2.90. The smallest absolute Gasteiger partial charge is 0.235 e. The Hall–Kier alpha value is -1.07. The minimum atomic E-state index is -3.17. The van der Waals surface area contributed by atoms with Gasteiger partial charge in [0.25, 0.3) is 0 Å². The predicted octanol–water partition coefficient (Wildman–Crippen LogP) is 1.61. The maximum Gasteiger partial charge on any atom is 0.235 e. The second kappa shape index (κ2) is 4.07. The molecule has 88 valence electrons. The predicted molar refractivity (Wildman–Crippen MR) is 64.6 cm³/mol. The van der Waals surface area contributed by atoms with Crippen LogP contribution in [0, 0.1) is 0 Å². The highest BCUT2D eigenvalue weighted by atomic mass is 32.2. The highest BCUT2D eigenvalue weighted by Crippen LogP contribution is 2.30. The number of nitrogens with two attached hydrogens (primary N) is 1. The molecule has 1 unspecified atom stereocenters. The van der Waals surface area contributed by atoms with Gasteiger partial charge < -0.3 is 5.73 Å². The molecule has 0 radical (unpaired) electrons. The molecule has 0 saturated heterocycles. The van der Waals surface area contributed by atoms with Crippen LogP contribution < -0.4 is 10.5 Å². The van der Waals surface area contributed by atoms with Crippen LogP contribution in [0.15, 0.2) is 24.3 Å². The summed E-state index contributed by atoms with van der Waals surface area (Å²) in [6.07, 6.45) is 1.53. The van der Waals surface area contributed by atoms with Crippen LogP contribution in [0.2, 0.25) is 0 Å². The van der Waals surface area contributed by atoms with Crippen LogP contribution >= 0.6 is 0 Å². The van der Waals surface area contributed by atoms with E-state index < -0.39 is 10.0 Å². The summed E-state index contributed by atoms with van der Waals surface area (Å²) in [5, 5.41) is -0.202. The van der Waals surface area contributed by atoms with Gasteiger partial charge in [-0.1, -0.05) is 12.1 Å². The molecular formula is C11H16N2O2S. The van der Waals surface area contributed by atoms with Gasteiger partial charge in [0.2, 0.25) is 10.0 Å². The summed E-state index contributed by atoms with van der Waals surface area (Å²) < 4.78 is 26.0. The Labute approximate surface area is 95.9 Å². The first-order valence-corrected chi connectivity index (χ1v) is 6.91. The Morgan fingerprint density at radius 1 is 1.44 bits per heavy atom. The van der Waals surface area contributed by atoms with E-state index in [-0.39, 0.29) is 11.3 Å². The van der Waals surface area contributed by atoms with Crippen LogP contribution in [0.4, 0.5) is 5.69 Å². The largest absolute Gasteiger partial charge is 0.324 e. The lowest BCUT2D eigenvalue weighted by molar-refractivity contribution is 0.600. The van der Waals surface area contributed by atoms with Gasteiger partial charge in [-0.3, -0.25) is 4.72 Å². The summed E-state index contributed by atoms with van der Waals surface area (Å²) in [4.78, 5) is 0. The van der Waals surface area contributed by atoms with E-state index in [9.17, 15) is 8.42 Å². The monoisotopic (exact) mass is 240 g/mol. The molecule has 0 heterocycles. The van der Waals surface area contributed by atoms with Crippen molar-refractivity contribution in [2.75, 3.05) is 4.72 Å². The van der Waals surface area contributed by atoms with E-state index in [1.807, 2.05) is 19.1 Å². The molecule has 0 aliphatic heterocycles. The summed E-state index contributed by atoms with van der Waals surface area (Å²) in [5.74, 6) is 0. The second-order valence-corrected chi connectivity index (χ2v) is 6.22. The first kappa shape index (κ1) is 11.4. The van der Waals surface area contributed by atoms with E-state index in [0.717, 1.165) is 18.4 Å². The van der Waals surface area contributed by atoms with E-state index in [2.05, 4.69) is 4.72 Å². The number of anilines is 1. The third-order valence-electron chi connectivity index (χ3n) is 2.64. The molecule has 1 aromatic rings. The molecule has 0 spiro atoms. The molecule has 1 aliphatic carbocycles. The summed E-state index contributed by atoms with van der Waals surface area (Å²) >= 11 is 0. The lowest BCUT2D eigenvalue weighted by Crippen LogP contribution is -2.17. The van der Waals surface area contributed by atoms with Crippen molar-refractivity contribution < 1.29 is 8.42 Å². The number of benzene rings is 1. The van der Waals surface area contributed by atoms with Crippen molar-refractivity contribution in [2.45, 2.75) is 31.1 Å². The standard InChI is InChI=1S/C11H16N2O2S/c1-8(12)9-3-2-4-10(7-9)13-16(14,15)11-5-6-11/h2-4,7-8,11,13H,5-6,12H2,1H3. The van der Waals surface area contributed by atoms with Gasteiger partial charge in [0, 0.05) is 11.7 Å². The minimum Gasteiger partial charge on any atom is -0.324 e. The molecule has 1 saturated carbocycles. The molecule has 5 heteroatoms. The summed E-state index contributed by atoms with van der Waals surface area (Å²) in [6.45, 7) is 1.87. The van der Waals surface area contributed by atoms with Gasteiger partial charge in [0.05, 0.1) is 5.25 Å². The topological polar surface area (TPSA) is 72.2 Å². The number of sulfonamides is 1. The van der Waals surface area contributed by atoms with Crippen molar-refractivity contribution in [1.29, 1.82) is 0 Å². The van der Waals surface area contributed by atoms with Crippen LogP contribution in [0.5, 0.6) is 0 Å². The lowest BCUT2D eigenvalue weighted by atomic mass is 10.1. The van der Waals surface area contributed by atoms with Crippen molar-refractivity contribution in [2.24, 2.45) is 5.73 Å². The first-order valence-electron chi connectivity index (χ1n) is 5.36. The van der Waals surface area contributed by atoms with Gasteiger partial charge in [-0.15, -0.1) is 0 Å². The molecule has 0 amide bonds. The average Bonchev–Trinajstić information content (AvgIpc) is 3.00. The van der Waals surface area contributed by atoms with Crippen LogP contribution in [-0.2, 0) is 10.0 Å². The van der Waals surface area contributed by atoms with Gasteiger partial charge in [0.15, 0.2) is 0 Å². The molecule has 1 fully saturated rings. The van der Waals surface area contributed by atoms with Gasteiger partial charge in [-0.05, 0) is 37.5 Å². The first-order chi connectivity index (χ1) is 7.49. The highest BCUT2D eigenvalue weighted by Gasteiger charge is 2.35. The second-order valence-electron chi connectivity index (χ2n) is 4.26. The van der Waals surface area contributed by atoms with Crippen molar-refractivity contribution in [3.8, 4) is 0 Å². The Bertz CT molecular complexity index is 479. The average molecular weight is 240 g/mol. The van der Waals surface area contributed by atoms with Gasteiger partial charge in [0.1, 0.15) is 0 Å². The fourth-order valence-electron chi connectivity index (χ4n) is 1.51. The normalized spacial score (nSPS) is 18.1. The summed E-state index contributed by atoms with van der Waals surface area (Å²) in [5.41, 5.74) is 7.27. The molecule has 0 bridgehead atoms. The number of hydrogen-bond acceptors (Lipinski definition) is 3. The fraction of sp³-hybridized carbons (Fsp3) is 0.455. The van der Waals surface area contributed by atoms with Gasteiger partial charge >= 0.3 is 0 Å². The highest BCUT2D eigenvalue weighted by molar-refractivity contribution is 7.93. The van der Waals surface area contributed by atoms with Crippen molar-refractivity contribution in [3.05, 3.63) is 29.8 Å². The SMILES string of the molecule is CC(N)c1cccc(NS(=O)(=O)C2CC2)c1. The molecule has 1 atom stereocenters. The zero-order valence-electron chi connectivity index (χ0n) is 9.18. The number of rotatable bonds is 4. The summed E-state index contributed by atoms with van der Waals surface area (Å²) in [7, 11) is -3.17. The fourth-order valence-corrected chi connectivity index (χ4v) is 2.89. The third kappa shape index (κ3) is 2.54. The zero-order valence-corrected chi connectivity index (χ0v) is 10.00. The molecule has 1 aliphatic rings. The third-order valence-corrected chi connectivity index (χ3v) is 4.51. The van der Waals surface area contributed by atoms with E-state index >= 15 is 0 Å². The maximum atomic E-state index is 11.7. The van der Waals surface area contributed by atoms with Gasteiger partial charge in [-0.25, -0.2) is 8.42 Å². The molecule has 3 N–H and O–H groups in total. The molecule has 16 heavy (non-hydrogen) atoms. The van der Waals surface area contributed by atoms with Crippen molar-refractivity contribution >= 4 is 15.7 Å². The number of hydrogen-bond donors (Lipinski definition) is 2. The Balaban J connectivity index is 2.18. The quantitative estimate of drug-likeness (QED) is 0.839. The maximum absolute atomic E-state index is 11.7. The van der Waals surface area contributed by atoms with Crippen LogP contribution in [0.3, 0.4) is 0 Å². The van der Waals surface area contributed by atoms with Gasteiger partial charge in [-0.2, -0.15) is 0 Å². The molecule has 0 aromatic heterocycles. The molecular weight excluding hydrogens is 224 g/mol. The van der Waals surface area contributed by atoms with Crippen molar-refractivity contribution in [1.82, 2.24) is 0 Å². The minimum absolute atomic E-state index is 0.0922. The van der Waals surface area contributed by atoms with E-state index in [0.29, 0.717) is 5.69 Å². The Morgan fingerprint density at radius 2 is 2.12 bits per heavy atom.